The third kappa shape index (κ3) is 35.8. The first-order valence-electron chi connectivity index (χ1n) is 18.2. The third-order valence-corrected chi connectivity index (χ3v) is 7.74. The van der Waals surface area contributed by atoms with Gasteiger partial charge in [0.15, 0.2) is 0 Å². The Hall–Kier alpha value is -2.36. The van der Waals surface area contributed by atoms with Crippen LogP contribution in [0.5, 0.6) is 0 Å². The summed E-state index contributed by atoms with van der Waals surface area (Å²) < 4.78 is 5.61. The van der Waals surface area contributed by atoms with Crippen LogP contribution >= 0.6 is 0 Å². The molecule has 0 aromatic carbocycles. The average Bonchev–Trinajstić information content (AvgIpc) is 3.00. The molecule has 0 aliphatic heterocycles. The van der Waals surface area contributed by atoms with Crippen LogP contribution in [-0.4, -0.2) is 23.1 Å². The van der Waals surface area contributed by atoms with Crippen LogP contribution in [0.4, 0.5) is 0 Å². The topological polar surface area (TPSA) is 63.6 Å². The normalized spacial score (nSPS) is 13.0. The molecule has 1 N–H and O–H groups in total. The average molecular weight is 613 g/mol. The fourth-order valence-electron chi connectivity index (χ4n) is 5.07. The van der Waals surface area contributed by atoms with E-state index in [0.29, 0.717) is 12.8 Å². The van der Waals surface area contributed by atoms with Gasteiger partial charge in [0.1, 0.15) is 0 Å². The summed E-state index contributed by atoms with van der Waals surface area (Å²) in [5.41, 5.74) is 0. The van der Waals surface area contributed by atoms with E-state index in [2.05, 4.69) is 67.7 Å². The Balaban J connectivity index is 3.44. The number of hydrogen-bond acceptors (Lipinski definition) is 3. The molecule has 0 aliphatic carbocycles. The molecular weight excluding hydrogens is 544 g/mol. The van der Waals surface area contributed by atoms with Crippen LogP contribution in [0.1, 0.15) is 174 Å². The maximum Gasteiger partial charge on any atom is 0.306 e. The lowest BCUT2D eigenvalue weighted by Gasteiger charge is -2.13. The van der Waals surface area contributed by atoms with Crippen molar-refractivity contribution in [3.05, 3.63) is 60.8 Å². The fourth-order valence-corrected chi connectivity index (χ4v) is 5.07. The van der Waals surface area contributed by atoms with Crippen molar-refractivity contribution in [2.24, 2.45) is 0 Å². The number of ether oxygens (including phenoxy) is 1. The van der Waals surface area contributed by atoms with E-state index in [0.717, 1.165) is 83.5 Å². The first kappa shape index (κ1) is 41.6. The van der Waals surface area contributed by atoms with Crippen LogP contribution in [0.15, 0.2) is 60.8 Å². The molecule has 0 aromatic heterocycles. The highest BCUT2D eigenvalue weighted by Crippen LogP contribution is 2.15. The second-order valence-electron chi connectivity index (χ2n) is 12.1. The number of allylic oxidation sites excluding steroid dienone is 10. The minimum absolute atomic E-state index is 0.0285. The summed E-state index contributed by atoms with van der Waals surface area (Å²) >= 11 is 0. The maximum absolute atomic E-state index is 12.1. The molecule has 0 aromatic rings. The molecular formula is C40H68O4. The highest BCUT2D eigenvalue weighted by atomic mass is 16.5. The molecule has 1 atom stereocenters. The summed E-state index contributed by atoms with van der Waals surface area (Å²) in [4.78, 5) is 22.6. The molecule has 0 saturated carbocycles. The molecule has 0 heterocycles. The molecule has 0 rings (SSSR count). The van der Waals surface area contributed by atoms with Crippen LogP contribution in [0.2, 0.25) is 0 Å². The summed E-state index contributed by atoms with van der Waals surface area (Å²) in [7, 11) is 0. The molecule has 0 amide bonds. The highest BCUT2D eigenvalue weighted by Gasteiger charge is 2.09. The number of carboxylic acid groups (broad SMARTS) is 1. The van der Waals surface area contributed by atoms with Crippen molar-refractivity contribution < 1.29 is 19.4 Å². The summed E-state index contributed by atoms with van der Waals surface area (Å²) in [6.07, 6.45) is 49.3. The quantitative estimate of drug-likeness (QED) is 0.0466. The first-order valence-corrected chi connectivity index (χ1v) is 18.2. The van der Waals surface area contributed by atoms with Gasteiger partial charge in [0.25, 0.3) is 0 Å². The Morgan fingerprint density at radius 1 is 0.523 bits per heavy atom. The molecule has 0 radical (unpaired) electrons. The molecule has 0 aliphatic rings. The van der Waals surface area contributed by atoms with Crippen LogP contribution in [-0.2, 0) is 14.3 Å². The Morgan fingerprint density at radius 2 is 0.909 bits per heavy atom. The largest absolute Gasteiger partial charge is 0.481 e. The van der Waals surface area contributed by atoms with Gasteiger partial charge in [-0.2, -0.15) is 0 Å². The van der Waals surface area contributed by atoms with Gasteiger partial charge < -0.3 is 9.84 Å². The van der Waals surface area contributed by atoms with Crippen LogP contribution in [0.3, 0.4) is 0 Å². The summed E-state index contributed by atoms with van der Waals surface area (Å²) in [6.45, 7) is 4.19. The molecule has 0 fully saturated rings. The molecule has 4 nitrogen and oxygen atoms in total. The van der Waals surface area contributed by atoms with E-state index in [1.54, 1.807) is 0 Å². The number of carbonyl (C=O) groups excluding carboxylic acids is 1. The molecule has 0 saturated heterocycles. The molecule has 1 unspecified atom stereocenters. The van der Waals surface area contributed by atoms with Gasteiger partial charge in [-0.15, -0.1) is 0 Å². The lowest BCUT2D eigenvalue weighted by Crippen LogP contribution is -2.14. The van der Waals surface area contributed by atoms with E-state index in [4.69, 9.17) is 9.84 Å². The fraction of sp³-hybridized carbons (Fsp3) is 0.700. The summed E-state index contributed by atoms with van der Waals surface area (Å²) in [5, 5.41) is 8.64. The molecule has 44 heavy (non-hydrogen) atoms. The van der Waals surface area contributed by atoms with E-state index < -0.39 is 5.97 Å². The van der Waals surface area contributed by atoms with Gasteiger partial charge in [0.2, 0.25) is 0 Å². The van der Waals surface area contributed by atoms with Crippen molar-refractivity contribution >= 4 is 11.9 Å². The van der Waals surface area contributed by atoms with E-state index in [1.807, 2.05) is 6.92 Å². The number of rotatable bonds is 32. The second-order valence-corrected chi connectivity index (χ2v) is 12.1. The zero-order chi connectivity index (χ0) is 32.2. The third-order valence-electron chi connectivity index (χ3n) is 7.74. The monoisotopic (exact) mass is 613 g/mol. The Bertz CT molecular complexity index is 789. The highest BCUT2D eigenvalue weighted by molar-refractivity contribution is 5.69. The number of esters is 1. The van der Waals surface area contributed by atoms with Gasteiger partial charge in [0.05, 0.1) is 6.10 Å². The lowest BCUT2D eigenvalue weighted by molar-refractivity contribution is -0.148. The van der Waals surface area contributed by atoms with E-state index in [9.17, 15) is 9.59 Å². The van der Waals surface area contributed by atoms with Crippen LogP contribution < -0.4 is 0 Å². The molecule has 0 spiro atoms. The van der Waals surface area contributed by atoms with Gasteiger partial charge in [0, 0.05) is 12.8 Å². The van der Waals surface area contributed by atoms with Gasteiger partial charge in [-0.1, -0.05) is 145 Å². The molecule has 4 heteroatoms. The van der Waals surface area contributed by atoms with Crippen LogP contribution in [0.25, 0.3) is 0 Å². The number of carboxylic acids is 1. The smallest absolute Gasteiger partial charge is 0.306 e. The number of unbranched alkanes of at least 4 members (excludes halogenated alkanes) is 15. The van der Waals surface area contributed by atoms with Gasteiger partial charge in [-0.3, -0.25) is 9.59 Å². The first-order chi connectivity index (χ1) is 21.6. The molecule has 252 valence electrons. The van der Waals surface area contributed by atoms with Crippen LogP contribution in [0, 0.1) is 0 Å². The van der Waals surface area contributed by atoms with Crippen molar-refractivity contribution in [1.29, 1.82) is 0 Å². The minimum atomic E-state index is -0.678. The van der Waals surface area contributed by atoms with Crippen molar-refractivity contribution in [3.8, 4) is 0 Å². The van der Waals surface area contributed by atoms with E-state index >= 15 is 0 Å². The van der Waals surface area contributed by atoms with Gasteiger partial charge in [-0.25, -0.2) is 0 Å². The number of hydrogen-bond donors (Lipinski definition) is 1. The Kier molecular flexibility index (Phi) is 33.2. The Morgan fingerprint density at radius 3 is 1.39 bits per heavy atom. The second kappa shape index (κ2) is 35.1. The number of aliphatic carboxylic acids is 1. The predicted molar refractivity (Wildman–Crippen MR) is 190 cm³/mol. The summed E-state index contributed by atoms with van der Waals surface area (Å²) in [6, 6.07) is 0. The molecule has 0 bridgehead atoms. The zero-order valence-corrected chi connectivity index (χ0v) is 28.7. The van der Waals surface area contributed by atoms with E-state index in [-0.39, 0.29) is 12.1 Å². The van der Waals surface area contributed by atoms with Gasteiger partial charge >= 0.3 is 11.9 Å². The lowest BCUT2D eigenvalue weighted by atomic mass is 10.0. The maximum atomic E-state index is 12.1. The van der Waals surface area contributed by atoms with E-state index in [1.165, 1.54) is 64.2 Å². The Labute approximate surface area is 272 Å². The minimum Gasteiger partial charge on any atom is -0.481 e. The summed E-state index contributed by atoms with van der Waals surface area (Å²) in [5.74, 6) is -0.706. The van der Waals surface area contributed by atoms with Gasteiger partial charge in [-0.05, 0) is 77.6 Å². The standard InChI is InChI=1S/C40H68O4/c1-3-4-5-6-7-8-9-10-11-12-13-14-15-16-17-18-22-25-28-31-34-37-40(43)44-38(2)35-32-29-26-23-20-19-21-24-27-30-33-36-39(41)42/h4-5,7-8,10-11,13-14,16-17,38H,3,6,9,12,15,18-37H2,1-2H3,(H,41,42)/b5-4-,8-7-,11-10-,14-13-,17-16-. The van der Waals surface area contributed by atoms with Crippen molar-refractivity contribution in [2.75, 3.05) is 0 Å². The van der Waals surface area contributed by atoms with Crippen molar-refractivity contribution in [1.82, 2.24) is 0 Å². The van der Waals surface area contributed by atoms with Crippen molar-refractivity contribution in [3.63, 3.8) is 0 Å². The van der Waals surface area contributed by atoms with Crippen molar-refractivity contribution in [2.45, 2.75) is 180 Å². The number of carbonyl (C=O) groups is 2. The predicted octanol–water partition coefficient (Wildman–Crippen LogP) is 12.6. The zero-order valence-electron chi connectivity index (χ0n) is 28.7. The SMILES string of the molecule is CC/C=C\C/C=C\C/C=C\C/C=C\C/C=C\CCCCCCCC(=O)OC(C)CCCCCCCCCCCCCC(=O)O.